The van der Waals surface area contributed by atoms with Crippen LogP contribution in [0.3, 0.4) is 0 Å². The van der Waals surface area contributed by atoms with Crippen LogP contribution < -0.4 is 29.6 Å². The molecule has 0 aliphatic carbocycles. The molecule has 3 aromatic carbocycles. The highest BCUT2D eigenvalue weighted by Crippen LogP contribution is 2.64. The number of fused-ring (bicyclic) bond motifs is 11. The van der Waals surface area contributed by atoms with Gasteiger partial charge in [-0.15, -0.1) is 11.8 Å². The van der Waals surface area contributed by atoms with Gasteiger partial charge in [-0.05, 0) is 56.5 Å². The van der Waals surface area contributed by atoms with E-state index in [1.165, 1.54) is 6.92 Å². The van der Waals surface area contributed by atoms with Gasteiger partial charge >= 0.3 is 11.9 Å². The molecule has 5 N–H and O–H groups in total. The maximum atomic E-state index is 15.2. The van der Waals surface area contributed by atoms with Crippen molar-refractivity contribution in [1.82, 2.24) is 25.4 Å². The summed E-state index contributed by atoms with van der Waals surface area (Å²) >= 11 is 1.55. The van der Waals surface area contributed by atoms with Gasteiger partial charge in [0.25, 0.3) is 0 Å². The van der Waals surface area contributed by atoms with Crippen molar-refractivity contribution in [3.8, 4) is 28.7 Å². The van der Waals surface area contributed by atoms with Gasteiger partial charge in [-0.1, -0.05) is 38.1 Å². The Balaban J connectivity index is 1.22. The van der Waals surface area contributed by atoms with Crippen molar-refractivity contribution in [3.05, 3.63) is 75.0 Å². The molecule has 8 atom stereocenters. The Hall–Kier alpha value is -4.51. The summed E-state index contributed by atoms with van der Waals surface area (Å²) in [6.45, 7) is 9.80. The van der Waals surface area contributed by atoms with Crippen LogP contribution in [0.15, 0.2) is 30.3 Å². The van der Waals surface area contributed by atoms with Crippen LogP contribution in [0.2, 0.25) is 0 Å². The number of aromatic hydroxyl groups is 1. The predicted octanol–water partition coefficient (Wildman–Crippen LogP) is 4.55. The number of hydrogen-bond acceptors (Lipinski definition) is 14. The third-order valence-electron chi connectivity index (χ3n) is 13.5. The average Bonchev–Trinajstić information content (AvgIpc) is 3.85. The molecule has 1 aromatic heterocycles. The molecule has 8 heterocycles. The molecule has 2 fully saturated rings. The van der Waals surface area contributed by atoms with Crippen LogP contribution in [0, 0.1) is 13.8 Å². The second-order valence-corrected chi connectivity index (χ2v) is 18.3. The van der Waals surface area contributed by atoms with Gasteiger partial charge in [-0.25, -0.2) is 4.79 Å². The van der Waals surface area contributed by atoms with Crippen LogP contribution in [0.5, 0.6) is 28.7 Å². The third kappa shape index (κ3) is 5.58. The minimum absolute atomic E-state index is 0.0428. The Morgan fingerprint density at radius 2 is 1.88 bits per heavy atom. The van der Waals surface area contributed by atoms with E-state index < -0.39 is 47.1 Å². The molecule has 14 nitrogen and oxygen atoms in total. The van der Waals surface area contributed by atoms with Gasteiger partial charge in [0, 0.05) is 70.5 Å². The second-order valence-electron chi connectivity index (χ2n) is 17.2. The lowest BCUT2D eigenvalue weighted by Gasteiger charge is -2.62. The number of piperazine rings is 1. The van der Waals surface area contributed by atoms with E-state index in [0.717, 1.165) is 44.4 Å². The van der Waals surface area contributed by atoms with E-state index in [1.54, 1.807) is 18.9 Å². The van der Waals surface area contributed by atoms with Gasteiger partial charge in [-0.2, -0.15) is 0 Å². The number of aliphatic hydroxyl groups is 1. The second kappa shape index (κ2) is 14.0. The van der Waals surface area contributed by atoms with Gasteiger partial charge in [0.15, 0.2) is 28.5 Å². The number of H-pyrrole nitrogens is 1. The molecule has 4 bridgehead atoms. The highest BCUT2D eigenvalue weighted by Gasteiger charge is 2.62. The summed E-state index contributed by atoms with van der Waals surface area (Å²) in [5, 5.41) is 32.8. The molecule has 0 amide bonds. The van der Waals surface area contributed by atoms with Gasteiger partial charge in [0.05, 0.1) is 36.2 Å². The third-order valence-corrected chi connectivity index (χ3v) is 15.0. The number of hydrogen-bond donors (Lipinski definition) is 5. The molecule has 59 heavy (non-hydrogen) atoms. The molecule has 11 rings (SSSR count). The molecule has 7 aliphatic rings. The normalized spacial score (nSPS) is 29.5. The SMILES string of the molecule is COc1c(C)cc2c(c1O)[C@@H]1[C@@H]3[C@@H]4SC[C@]5(N[C@@H](CNC(C)C)Cc6c5[nH]c5ccccc65)C(=O)OC[C@@H](c5c6c(c(C)c(OC(C)=O)c54)OCO6)N3[C@@H](O)[C@H](C2)N1C. The maximum Gasteiger partial charge on any atom is 0.333 e. The summed E-state index contributed by atoms with van der Waals surface area (Å²) in [6, 6.07) is 8.17. The number of aliphatic hydroxyl groups excluding tert-OH is 1. The molecule has 2 saturated heterocycles. The van der Waals surface area contributed by atoms with E-state index in [9.17, 15) is 15.0 Å². The van der Waals surface area contributed by atoms with Crippen LogP contribution in [0.1, 0.15) is 82.7 Å². The van der Waals surface area contributed by atoms with E-state index in [0.29, 0.717) is 53.5 Å². The minimum Gasteiger partial charge on any atom is -0.504 e. The van der Waals surface area contributed by atoms with Crippen molar-refractivity contribution in [3.63, 3.8) is 0 Å². The molecule has 7 aliphatic heterocycles. The fraction of sp³-hybridized carbons (Fsp3) is 0.500. The van der Waals surface area contributed by atoms with Crippen LogP contribution in [-0.2, 0) is 32.7 Å². The van der Waals surface area contributed by atoms with Crippen molar-refractivity contribution in [1.29, 1.82) is 0 Å². The zero-order valence-corrected chi connectivity index (χ0v) is 35.1. The van der Waals surface area contributed by atoms with Crippen molar-refractivity contribution >= 4 is 34.6 Å². The predicted molar refractivity (Wildman–Crippen MR) is 220 cm³/mol. The molecular weight excluding hydrogens is 775 g/mol. The van der Waals surface area contributed by atoms with E-state index in [-0.39, 0.29) is 43.0 Å². The number of aromatic nitrogens is 1. The number of ether oxygens (including phenoxy) is 5. The van der Waals surface area contributed by atoms with Crippen molar-refractivity contribution in [2.75, 3.05) is 39.9 Å². The fourth-order valence-corrected chi connectivity index (χ4v) is 12.7. The average molecular weight is 826 g/mol. The highest BCUT2D eigenvalue weighted by molar-refractivity contribution is 7.99. The van der Waals surface area contributed by atoms with Gasteiger partial charge in [0.2, 0.25) is 6.79 Å². The number of thioether (sulfide) groups is 1. The summed E-state index contributed by atoms with van der Waals surface area (Å²) in [4.78, 5) is 36.2. The number of esters is 2. The number of phenols is 1. The smallest absolute Gasteiger partial charge is 0.333 e. The first kappa shape index (κ1) is 38.7. The van der Waals surface area contributed by atoms with Crippen LogP contribution in [0.25, 0.3) is 10.9 Å². The molecule has 312 valence electrons. The number of aromatic amines is 1. The summed E-state index contributed by atoms with van der Waals surface area (Å²) in [7, 11) is 3.55. The highest BCUT2D eigenvalue weighted by atomic mass is 32.2. The number of carbonyl (C=O) groups is 2. The number of rotatable bonds is 5. The lowest BCUT2D eigenvalue weighted by atomic mass is 9.73. The molecule has 0 radical (unpaired) electrons. The number of aryl methyl sites for hydroxylation is 1. The van der Waals surface area contributed by atoms with Gasteiger partial charge < -0.3 is 44.2 Å². The first-order valence-corrected chi connectivity index (χ1v) is 21.5. The summed E-state index contributed by atoms with van der Waals surface area (Å²) in [6.07, 6.45) is 0.138. The Bertz CT molecular complexity index is 2420. The number of para-hydroxylation sites is 1. The number of likely N-dealkylation sites (N-methyl/N-ethyl adjacent to an activating group) is 1. The number of nitrogens with zero attached hydrogens (tertiary/aromatic N) is 2. The summed E-state index contributed by atoms with van der Waals surface area (Å²) in [5.41, 5.74) is 5.93. The monoisotopic (exact) mass is 825 g/mol. The van der Waals surface area contributed by atoms with Crippen LogP contribution >= 0.6 is 11.8 Å². The molecule has 1 spiro atoms. The first-order valence-electron chi connectivity index (χ1n) is 20.5. The van der Waals surface area contributed by atoms with Crippen LogP contribution in [-0.4, -0.2) is 107 Å². The first-order chi connectivity index (χ1) is 28.3. The zero-order chi connectivity index (χ0) is 41.2. The van der Waals surface area contributed by atoms with E-state index in [4.69, 9.17) is 23.7 Å². The van der Waals surface area contributed by atoms with E-state index in [2.05, 4.69) is 51.4 Å². The zero-order valence-electron chi connectivity index (χ0n) is 34.3. The number of nitrogens with one attached hydrogen (secondary N) is 3. The number of phenolic OH excluding ortho intramolecular Hbond substituents is 1. The number of benzene rings is 3. The Morgan fingerprint density at radius 1 is 1.10 bits per heavy atom. The summed E-state index contributed by atoms with van der Waals surface area (Å²) < 4.78 is 31.0. The number of carbonyl (C=O) groups excluding carboxylic acids is 2. The topological polar surface area (TPSA) is 167 Å². The maximum absolute atomic E-state index is 15.2. The lowest BCUT2D eigenvalue weighted by Crippen LogP contribution is -2.70. The van der Waals surface area contributed by atoms with Crippen LogP contribution in [0.4, 0.5) is 0 Å². The Labute approximate surface area is 346 Å². The minimum atomic E-state index is -1.31. The lowest BCUT2D eigenvalue weighted by molar-refractivity contribution is -0.186. The quantitative estimate of drug-likeness (QED) is 0.141. The van der Waals surface area contributed by atoms with Gasteiger partial charge in [0.1, 0.15) is 18.6 Å². The largest absolute Gasteiger partial charge is 0.504 e. The van der Waals surface area contributed by atoms with E-state index in [1.807, 2.05) is 39.1 Å². The van der Waals surface area contributed by atoms with Gasteiger partial charge in [-0.3, -0.25) is 19.9 Å². The molecule has 0 unspecified atom stereocenters. The van der Waals surface area contributed by atoms with E-state index >= 15 is 4.79 Å². The molecule has 0 saturated carbocycles. The Kier molecular flexibility index (Phi) is 9.20. The Morgan fingerprint density at radius 3 is 2.64 bits per heavy atom. The van der Waals surface area contributed by atoms with Crippen molar-refractivity contribution < 1.29 is 43.5 Å². The molecule has 4 aromatic rings. The van der Waals surface area contributed by atoms with Crippen molar-refractivity contribution in [2.24, 2.45) is 0 Å². The fourth-order valence-electron chi connectivity index (χ4n) is 11.1. The molecular formula is C44H51N5O9S. The summed E-state index contributed by atoms with van der Waals surface area (Å²) in [5.74, 6) is 1.06. The molecule has 15 heteroatoms. The van der Waals surface area contributed by atoms with Crippen molar-refractivity contribution in [2.45, 2.75) is 101 Å². The standard InChI is InChI=1S/C44H51N5O9S/c1-19(2)45-15-24-14-26-25-10-8-9-11-27(25)46-41(26)44(47-24)17-59-40-32-31(39-38(56-18-57-39)21(4)37(32)58-22(5)50)29(16-55-43(44)53)49-34(40)33-30-23(13-28(42(49)52)48(33)6)12-20(3)36(54-7)35(30)51/h8-12,19,24,28-29,33-34,40,42,45-47,51-52H,13-18H2,1-7H3/t24-,28+,29+,33-,34-,40-,42+,44-/m1/s1. The number of methoxy groups -OCH3 is 1.